The second-order valence-corrected chi connectivity index (χ2v) is 8.58. The minimum atomic E-state index is -0.122. The van der Waals surface area contributed by atoms with Gasteiger partial charge in [-0.15, -0.1) is 0 Å². The standard InChI is InChI=1S/C21H20BrNO3S2/c1-4-25-17-11-14(10-16(22)19(17)26-5-2)12-18-20(24)23(21(27)28-18)15-8-6-7-13(3)9-15/h6-12H,4-5H2,1-3H3/b18-12-. The summed E-state index contributed by atoms with van der Waals surface area (Å²) in [6.07, 6.45) is 1.83. The molecule has 0 radical (unpaired) electrons. The molecule has 1 amide bonds. The lowest BCUT2D eigenvalue weighted by Crippen LogP contribution is -2.27. The van der Waals surface area contributed by atoms with Crippen molar-refractivity contribution in [3.8, 4) is 11.5 Å². The Kier molecular flexibility index (Phi) is 6.80. The van der Waals surface area contributed by atoms with Gasteiger partial charge in [-0.05, 0) is 78.2 Å². The zero-order valence-electron chi connectivity index (χ0n) is 15.8. The molecule has 0 bridgehead atoms. The molecule has 1 aliphatic rings. The maximum absolute atomic E-state index is 13.0. The van der Waals surface area contributed by atoms with Crippen LogP contribution in [0.5, 0.6) is 11.5 Å². The van der Waals surface area contributed by atoms with Crippen molar-refractivity contribution in [1.82, 2.24) is 0 Å². The van der Waals surface area contributed by atoms with Crippen LogP contribution in [0.4, 0.5) is 5.69 Å². The van der Waals surface area contributed by atoms with E-state index in [9.17, 15) is 4.79 Å². The fourth-order valence-electron chi connectivity index (χ4n) is 2.83. The number of nitrogens with zero attached hydrogens (tertiary/aromatic N) is 1. The molecule has 1 aliphatic heterocycles. The van der Waals surface area contributed by atoms with Gasteiger partial charge in [0.2, 0.25) is 0 Å². The van der Waals surface area contributed by atoms with Crippen molar-refractivity contribution in [2.45, 2.75) is 20.8 Å². The van der Waals surface area contributed by atoms with E-state index in [2.05, 4.69) is 15.9 Å². The second kappa shape index (κ2) is 9.11. The predicted molar refractivity (Wildman–Crippen MR) is 123 cm³/mol. The van der Waals surface area contributed by atoms with Crippen LogP contribution in [0.3, 0.4) is 0 Å². The minimum Gasteiger partial charge on any atom is -0.490 e. The Labute approximate surface area is 183 Å². The van der Waals surface area contributed by atoms with Crippen LogP contribution in [0.15, 0.2) is 45.8 Å². The van der Waals surface area contributed by atoms with E-state index in [1.165, 1.54) is 11.8 Å². The molecule has 2 aromatic carbocycles. The number of thioether (sulfide) groups is 1. The molecule has 0 aliphatic carbocycles. The van der Waals surface area contributed by atoms with Gasteiger partial charge >= 0.3 is 0 Å². The van der Waals surface area contributed by atoms with Gasteiger partial charge in [0, 0.05) is 0 Å². The van der Waals surface area contributed by atoms with Gasteiger partial charge < -0.3 is 9.47 Å². The normalized spacial score (nSPS) is 15.4. The number of ether oxygens (including phenoxy) is 2. The number of anilines is 1. The minimum absolute atomic E-state index is 0.122. The van der Waals surface area contributed by atoms with Crippen LogP contribution < -0.4 is 14.4 Å². The maximum Gasteiger partial charge on any atom is 0.270 e. The highest BCUT2D eigenvalue weighted by atomic mass is 79.9. The summed E-state index contributed by atoms with van der Waals surface area (Å²) >= 11 is 10.3. The van der Waals surface area contributed by atoms with Gasteiger partial charge in [-0.3, -0.25) is 9.69 Å². The number of halogens is 1. The summed E-state index contributed by atoms with van der Waals surface area (Å²) in [4.78, 5) is 15.1. The van der Waals surface area contributed by atoms with Crippen LogP contribution in [0.2, 0.25) is 0 Å². The molecule has 1 heterocycles. The van der Waals surface area contributed by atoms with E-state index in [0.29, 0.717) is 33.9 Å². The fraction of sp³-hybridized carbons (Fsp3) is 0.238. The molecular formula is C21H20BrNO3S2. The van der Waals surface area contributed by atoms with E-state index in [1.54, 1.807) is 4.90 Å². The van der Waals surface area contributed by atoms with E-state index in [1.807, 2.05) is 63.2 Å². The molecule has 0 spiro atoms. The third-order valence-electron chi connectivity index (χ3n) is 3.97. The van der Waals surface area contributed by atoms with Crippen molar-refractivity contribution < 1.29 is 14.3 Å². The lowest BCUT2D eigenvalue weighted by molar-refractivity contribution is -0.113. The van der Waals surface area contributed by atoms with Crippen LogP contribution in [-0.2, 0) is 4.79 Å². The lowest BCUT2D eigenvalue weighted by Gasteiger charge is -2.15. The van der Waals surface area contributed by atoms with E-state index < -0.39 is 0 Å². The largest absolute Gasteiger partial charge is 0.490 e. The summed E-state index contributed by atoms with van der Waals surface area (Å²) in [5.41, 5.74) is 2.70. The molecule has 0 unspecified atom stereocenters. The van der Waals surface area contributed by atoms with E-state index >= 15 is 0 Å². The number of rotatable bonds is 6. The van der Waals surface area contributed by atoms with Crippen molar-refractivity contribution in [2.75, 3.05) is 18.1 Å². The first-order chi connectivity index (χ1) is 13.4. The molecule has 0 aromatic heterocycles. The first-order valence-electron chi connectivity index (χ1n) is 8.88. The van der Waals surface area contributed by atoms with E-state index in [-0.39, 0.29) is 5.91 Å². The van der Waals surface area contributed by atoms with Crippen LogP contribution in [-0.4, -0.2) is 23.4 Å². The van der Waals surface area contributed by atoms with Gasteiger partial charge in [0.05, 0.1) is 28.3 Å². The highest BCUT2D eigenvalue weighted by Crippen LogP contribution is 2.40. The Morgan fingerprint density at radius 1 is 1.18 bits per heavy atom. The molecular weight excluding hydrogens is 458 g/mol. The molecule has 0 N–H and O–H groups in total. The molecule has 7 heteroatoms. The molecule has 0 saturated carbocycles. The smallest absolute Gasteiger partial charge is 0.270 e. The van der Waals surface area contributed by atoms with Gasteiger partial charge in [-0.1, -0.05) is 36.1 Å². The molecule has 3 rings (SSSR count). The van der Waals surface area contributed by atoms with Crippen molar-refractivity contribution in [2.24, 2.45) is 0 Å². The summed E-state index contributed by atoms with van der Waals surface area (Å²) in [7, 11) is 0. The van der Waals surface area contributed by atoms with Gasteiger partial charge in [-0.2, -0.15) is 0 Å². The summed E-state index contributed by atoms with van der Waals surface area (Å²) in [6.45, 7) is 6.89. The van der Waals surface area contributed by atoms with E-state index in [0.717, 1.165) is 21.3 Å². The summed E-state index contributed by atoms with van der Waals surface area (Å²) in [5, 5.41) is 0. The van der Waals surface area contributed by atoms with Crippen molar-refractivity contribution in [1.29, 1.82) is 0 Å². The number of hydrogen-bond donors (Lipinski definition) is 0. The SMILES string of the molecule is CCOc1cc(/C=C2\SC(=S)N(c3cccc(C)c3)C2=O)cc(Br)c1OCC. The fourth-order valence-corrected chi connectivity index (χ4v) is 4.70. The average Bonchev–Trinajstić information content (AvgIpc) is 2.91. The number of carbonyl (C=O) groups is 1. The van der Waals surface area contributed by atoms with Crippen molar-refractivity contribution >= 4 is 61.9 Å². The maximum atomic E-state index is 13.0. The Morgan fingerprint density at radius 3 is 2.61 bits per heavy atom. The van der Waals surface area contributed by atoms with Crippen molar-refractivity contribution in [3.05, 3.63) is 56.9 Å². The van der Waals surface area contributed by atoms with Gasteiger partial charge in [-0.25, -0.2) is 0 Å². The Balaban J connectivity index is 1.95. The van der Waals surface area contributed by atoms with Crippen LogP contribution >= 0.6 is 39.9 Å². The monoisotopic (exact) mass is 477 g/mol. The van der Waals surface area contributed by atoms with Gasteiger partial charge in [0.15, 0.2) is 15.8 Å². The number of carbonyl (C=O) groups excluding carboxylic acids is 1. The molecule has 1 fully saturated rings. The number of aryl methyl sites for hydroxylation is 1. The van der Waals surface area contributed by atoms with E-state index in [4.69, 9.17) is 21.7 Å². The number of amides is 1. The second-order valence-electron chi connectivity index (χ2n) is 6.05. The highest BCUT2D eigenvalue weighted by molar-refractivity contribution is 9.10. The molecule has 28 heavy (non-hydrogen) atoms. The third-order valence-corrected chi connectivity index (χ3v) is 5.86. The Morgan fingerprint density at radius 2 is 1.93 bits per heavy atom. The number of benzene rings is 2. The van der Waals surface area contributed by atoms with Gasteiger partial charge in [0.1, 0.15) is 0 Å². The molecule has 146 valence electrons. The first kappa shape index (κ1) is 20.9. The molecule has 2 aromatic rings. The van der Waals surface area contributed by atoms with Crippen LogP contribution in [0.1, 0.15) is 25.0 Å². The highest BCUT2D eigenvalue weighted by Gasteiger charge is 2.33. The zero-order valence-corrected chi connectivity index (χ0v) is 19.0. The quantitative estimate of drug-likeness (QED) is 0.378. The van der Waals surface area contributed by atoms with Gasteiger partial charge in [0.25, 0.3) is 5.91 Å². The lowest BCUT2D eigenvalue weighted by atomic mass is 10.1. The number of hydrogen-bond acceptors (Lipinski definition) is 5. The Bertz CT molecular complexity index is 959. The summed E-state index contributed by atoms with van der Waals surface area (Å²) < 4.78 is 12.7. The summed E-state index contributed by atoms with van der Waals surface area (Å²) in [5.74, 6) is 1.18. The van der Waals surface area contributed by atoms with Crippen molar-refractivity contribution in [3.63, 3.8) is 0 Å². The predicted octanol–water partition coefficient (Wildman–Crippen LogP) is 5.96. The summed E-state index contributed by atoms with van der Waals surface area (Å²) in [6, 6.07) is 11.5. The molecule has 1 saturated heterocycles. The third kappa shape index (κ3) is 4.42. The van der Waals surface area contributed by atoms with Crippen LogP contribution in [0.25, 0.3) is 6.08 Å². The molecule has 4 nitrogen and oxygen atoms in total. The average molecular weight is 478 g/mol. The topological polar surface area (TPSA) is 38.8 Å². The zero-order chi connectivity index (χ0) is 20.3. The van der Waals surface area contributed by atoms with Crippen LogP contribution in [0, 0.1) is 6.92 Å². The Hall–Kier alpha value is -1.83. The molecule has 0 atom stereocenters. The first-order valence-corrected chi connectivity index (χ1v) is 10.9. The number of thiocarbonyl (C=S) groups is 1.